The van der Waals surface area contributed by atoms with Gasteiger partial charge in [0.2, 0.25) is 5.95 Å². The van der Waals surface area contributed by atoms with Gasteiger partial charge in [0, 0.05) is 19.6 Å². The zero-order chi connectivity index (χ0) is 22.7. The zero-order valence-electron chi connectivity index (χ0n) is 19.0. The van der Waals surface area contributed by atoms with Crippen molar-refractivity contribution in [3.63, 3.8) is 0 Å². The fraction of sp³-hybridized carbons (Fsp3) is 0.214. The third-order valence-corrected chi connectivity index (χ3v) is 6.60. The summed E-state index contributed by atoms with van der Waals surface area (Å²) < 4.78 is 0. The van der Waals surface area contributed by atoms with E-state index in [4.69, 9.17) is 9.97 Å². The highest BCUT2D eigenvalue weighted by atomic mass is 15.4. The van der Waals surface area contributed by atoms with Crippen molar-refractivity contribution in [1.29, 1.82) is 0 Å². The molecule has 1 unspecified atom stereocenters. The van der Waals surface area contributed by atoms with Gasteiger partial charge in [-0.05, 0) is 35.1 Å². The van der Waals surface area contributed by atoms with Crippen molar-refractivity contribution in [2.24, 2.45) is 0 Å². The van der Waals surface area contributed by atoms with Crippen LogP contribution in [0.3, 0.4) is 0 Å². The Hall–Kier alpha value is -3.90. The number of anilines is 3. The summed E-state index contributed by atoms with van der Waals surface area (Å²) in [4.78, 5) is 12.1. The van der Waals surface area contributed by atoms with E-state index in [2.05, 4.69) is 99.9 Å². The van der Waals surface area contributed by atoms with Gasteiger partial charge in [0.15, 0.2) is 5.82 Å². The monoisotopic (exact) mass is 448 g/mol. The summed E-state index contributed by atoms with van der Waals surface area (Å²) in [5.41, 5.74) is 12.9. The fourth-order valence-electron chi connectivity index (χ4n) is 4.80. The number of hydrogen-bond donors (Lipinski definition) is 3. The molecule has 6 rings (SSSR count). The van der Waals surface area contributed by atoms with Gasteiger partial charge in [-0.15, -0.1) is 0 Å². The second kappa shape index (κ2) is 9.15. The molecule has 6 heteroatoms. The van der Waals surface area contributed by atoms with E-state index in [1.165, 1.54) is 27.8 Å². The van der Waals surface area contributed by atoms with Crippen molar-refractivity contribution < 1.29 is 0 Å². The molecule has 3 aromatic carbocycles. The number of nitrogens with zero attached hydrogens (tertiary/aromatic N) is 3. The van der Waals surface area contributed by atoms with Crippen LogP contribution in [0, 0.1) is 0 Å². The Kier molecular flexibility index (Phi) is 5.57. The van der Waals surface area contributed by atoms with Gasteiger partial charge in [0.1, 0.15) is 5.82 Å². The summed E-state index contributed by atoms with van der Waals surface area (Å²) in [6.07, 6.45) is 1.95. The van der Waals surface area contributed by atoms with Crippen LogP contribution in [0.2, 0.25) is 0 Å². The molecule has 2 aliphatic heterocycles. The Morgan fingerprint density at radius 2 is 1.56 bits per heavy atom. The first-order valence-corrected chi connectivity index (χ1v) is 11.9. The van der Waals surface area contributed by atoms with Crippen LogP contribution in [0.5, 0.6) is 0 Å². The second-order valence-corrected chi connectivity index (χ2v) is 8.89. The van der Waals surface area contributed by atoms with E-state index < -0.39 is 0 Å². The van der Waals surface area contributed by atoms with E-state index in [0.717, 1.165) is 44.1 Å². The van der Waals surface area contributed by atoms with Gasteiger partial charge in [-0.25, -0.2) is 5.43 Å². The van der Waals surface area contributed by atoms with Crippen molar-refractivity contribution in [3.8, 4) is 11.1 Å². The van der Waals surface area contributed by atoms with E-state index in [-0.39, 0.29) is 6.04 Å². The van der Waals surface area contributed by atoms with Crippen molar-refractivity contribution in [2.75, 3.05) is 28.7 Å². The first-order chi connectivity index (χ1) is 16.8. The summed E-state index contributed by atoms with van der Waals surface area (Å²) in [7, 11) is 0. The smallest absolute Gasteiger partial charge is 0.226 e. The van der Waals surface area contributed by atoms with Crippen LogP contribution in [0.4, 0.5) is 17.6 Å². The molecule has 1 atom stereocenters. The lowest BCUT2D eigenvalue weighted by Gasteiger charge is -2.32. The number of benzene rings is 3. The molecule has 0 bridgehead atoms. The third-order valence-electron chi connectivity index (χ3n) is 6.60. The summed E-state index contributed by atoms with van der Waals surface area (Å²) in [5, 5.41) is 3.45. The van der Waals surface area contributed by atoms with E-state index in [0.29, 0.717) is 5.95 Å². The molecule has 4 aromatic rings. The first-order valence-electron chi connectivity index (χ1n) is 11.9. The quantitative estimate of drug-likeness (QED) is 0.362. The second-order valence-electron chi connectivity index (χ2n) is 8.89. The number of hydrogen-bond acceptors (Lipinski definition) is 6. The molecule has 0 radical (unpaired) electrons. The molecular formula is C28H28N6. The van der Waals surface area contributed by atoms with Crippen LogP contribution in [0.1, 0.15) is 29.2 Å². The van der Waals surface area contributed by atoms with E-state index >= 15 is 0 Å². The maximum atomic E-state index is 4.95. The Bertz CT molecular complexity index is 1260. The molecule has 1 aromatic heterocycles. The van der Waals surface area contributed by atoms with Gasteiger partial charge < -0.3 is 15.6 Å². The SMILES string of the molecule is c1ccc(CN2CCC3NNc4nc(NCCc5ccc(-c6ccccc6)cc5)nc2c43)cc1. The van der Waals surface area contributed by atoms with Crippen LogP contribution in [-0.4, -0.2) is 23.1 Å². The van der Waals surface area contributed by atoms with Gasteiger partial charge >= 0.3 is 0 Å². The maximum absolute atomic E-state index is 4.95. The zero-order valence-corrected chi connectivity index (χ0v) is 19.0. The molecule has 2 aliphatic rings. The Labute approximate surface area is 200 Å². The summed E-state index contributed by atoms with van der Waals surface area (Å²) in [5.74, 6) is 2.59. The standard InChI is InChI=1S/C28H28N6/c1-3-7-21(8-4-1)19-34-18-16-24-25-26(33-32-24)30-28(31-27(25)34)29-17-15-20-11-13-23(14-12-20)22-9-5-2-6-10-22/h1-14,24,32H,15-19H2,(H2,29,30,31,33). The topological polar surface area (TPSA) is 65.1 Å². The fourth-order valence-corrected chi connectivity index (χ4v) is 4.80. The summed E-state index contributed by atoms with van der Waals surface area (Å²) in [6.45, 7) is 2.59. The van der Waals surface area contributed by atoms with Gasteiger partial charge in [0.05, 0.1) is 11.6 Å². The average Bonchev–Trinajstić information content (AvgIpc) is 3.31. The number of aromatic nitrogens is 2. The van der Waals surface area contributed by atoms with Crippen LogP contribution in [-0.2, 0) is 13.0 Å². The Morgan fingerprint density at radius 3 is 2.35 bits per heavy atom. The van der Waals surface area contributed by atoms with E-state index in [1.807, 2.05) is 6.07 Å². The van der Waals surface area contributed by atoms with E-state index in [9.17, 15) is 0 Å². The van der Waals surface area contributed by atoms with Crippen LogP contribution in [0.15, 0.2) is 84.9 Å². The molecule has 3 N–H and O–H groups in total. The minimum Gasteiger partial charge on any atom is -0.354 e. The molecule has 0 saturated carbocycles. The number of hydrazine groups is 1. The highest BCUT2D eigenvalue weighted by Crippen LogP contribution is 2.41. The lowest BCUT2D eigenvalue weighted by Crippen LogP contribution is -2.34. The Morgan fingerprint density at radius 1 is 0.824 bits per heavy atom. The molecule has 0 fully saturated rings. The molecule has 0 amide bonds. The van der Waals surface area contributed by atoms with E-state index in [1.54, 1.807) is 0 Å². The number of rotatable bonds is 7. The minimum absolute atomic E-state index is 0.272. The van der Waals surface area contributed by atoms with Crippen molar-refractivity contribution in [1.82, 2.24) is 15.4 Å². The van der Waals surface area contributed by atoms with Crippen molar-refractivity contribution in [3.05, 3.63) is 102 Å². The average molecular weight is 449 g/mol. The normalized spacial score (nSPS) is 16.1. The Balaban J connectivity index is 1.15. The molecule has 170 valence electrons. The lowest BCUT2D eigenvalue weighted by atomic mass is 10.0. The van der Waals surface area contributed by atoms with Crippen molar-refractivity contribution in [2.45, 2.75) is 25.4 Å². The van der Waals surface area contributed by atoms with Crippen molar-refractivity contribution >= 4 is 17.6 Å². The molecule has 34 heavy (non-hydrogen) atoms. The summed E-state index contributed by atoms with van der Waals surface area (Å²) in [6, 6.07) is 30.1. The molecular weight excluding hydrogens is 420 g/mol. The molecule has 6 nitrogen and oxygen atoms in total. The maximum Gasteiger partial charge on any atom is 0.226 e. The molecule has 0 spiro atoms. The first kappa shape index (κ1) is 20.7. The molecule has 0 aliphatic carbocycles. The third kappa shape index (κ3) is 4.20. The highest BCUT2D eigenvalue weighted by molar-refractivity contribution is 5.67. The van der Waals surface area contributed by atoms with Gasteiger partial charge in [-0.1, -0.05) is 84.9 Å². The lowest BCUT2D eigenvalue weighted by molar-refractivity contribution is 0.534. The largest absolute Gasteiger partial charge is 0.354 e. The van der Waals surface area contributed by atoms with Crippen LogP contribution >= 0.6 is 0 Å². The van der Waals surface area contributed by atoms with Gasteiger partial charge in [-0.3, -0.25) is 0 Å². The van der Waals surface area contributed by atoms with Gasteiger partial charge in [0.25, 0.3) is 0 Å². The highest BCUT2D eigenvalue weighted by Gasteiger charge is 2.34. The van der Waals surface area contributed by atoms with Crippen LogP contribution in [0.25, 0.3) is 11.1 Å². The molecule has 3 heterocycles. The predicted octanol–water partition coefficient (Wildman–Crippen LogP) is 5.18. The molecule has 0 saturated heterocycles. The minimum atomic E-state index is 0.272. The predicted molar refractivity (Wildman–Crippen MR) is 138 cm³/mol. The van der Waals surface area contributed by atoms with Crippen LogP contribution < -0.4 is 21.1 Å². The summed E-state index contributed by atoms with van der Waals surface area (Å²) >= 11 is 0. The van der Waals surface area contributed by atoms with Gasteiger partial charge in [-0.2, -0.15) is 9.97 Å². The number of nitrogens with one attached hydrogen (secondary N) is 3.